The van der Waals surface area contributed by atoms with Gasteiger partial charge in [-0.05, 0) is 0 Å². The number of fused-ring (bicyclic) bond motifs is 1. The zero-order valence-corrected chi connectivity index (χ0v) is 10.8. The Bertz CT molecular complexity index is 565. The Morgan fingerprint density at radius 2 is 2.26 bits per heavy atom. The van der Waals surface area contributed by atoms with E-state index in [0.29, 0.717) is 6.61 Å². The van der Waals surface area contributed by atoms with Crippen LogP contribution in [0, 0.1) is 6.08 Å². The number of aliphatic hydroxyl groups is 1. The maximum absolute atomic E-state index is 13.2. The van der Waals surface area contributed by atoms with Crippen LogP contribution in [0.25, 0.3) is 11.2 Å². The molecule has 2 aromatic rings. The summed E-state index contributed by atoms with van der Waals surface area (Å²) in [7, 11) is 1.53. The van der Waals surface area contributed by atoms with Gasteiger partial charge in [0.25, 0.3) is 0 Å². The molecule has 2 rings (SSSR count). The van der Waals surface area contributed by atoms with Crippen molar-refractivity contribution in [1.82, 2.24) is 19.5 Å². The van der Waals surface area contributed by atoms with Gasteiger partial charge < -0.3 is 14.6 Å². The van der Waals surface area contributed by atoms with Crippen LogP contribution in [-0.2, 0) is 9.47 Å². The first-order chi connectivity index (χ1) is 9.17. The number of hydrogen-bond acceptors (Lipinski definition) is 6. The maximum atomic E-state index is 13.2. The van der Waals surface area contributed by atoms with Crippen molar-refractivity contribution < 1.29 is 19.0 Å². The highest BCUT2D eigenvalue weighted by molar-refractivity contribution is 6.33. The van der Waals surface area contributed by atoms with E-state index in [2.05, 4.69) is 15.0 Å². The Kier molecular flexibility index (Phi) is 4.59. The summed E-state index contributed by atoms with van der Waals surface area (Å²) in [5.74, 6) is 0. The quantitative estimate of drug-likeness (QED) is 0.481. The number of aliphatic hydroxyl groups excluding tert-OH is 1. The van der Waals surface area contributed by atoms with Crippen LogP contribution >= 0.6 is 11.6 Å². The van der Waals surface area contributed by atoms with Gasteiger partial charge in [0.2, 0.25) is 0 Å². The molecule has 104 valence electrons. The smallest absolute Gasteiger partial charge is 0.312 e. The van der Waals surface area contributed by atoms with Crippen LogP contribution in [0.5, 0.6) is 0 Å². The van der Waals surface area contributed by atoms with Gasteiger partial charge in [-0.3, -0.25) is 4.57 Å². The Morgan fingerprint density at radius 1 is 1.47 bits per heavy atom. The predicted molar refractivity (Wildman–Crippen MR) is 64.2 cm³/mol. The lowest BCUT2D eigenvalue weighted by Gasteiger charge is -2.16. The van der Waals surface area contributed by atoms with Gasteiger partial charge in [0, 0.05) is 7.11 Å². The molecule has 0 aliphatic rings. The molecule has 2 heterocycles. The fourth-order valence-electron chi connectivity index (χ4n) is 1.56. The van der Waals surface area contributed by atoms with Crippen LogP contribution in [0.1, 0.15) is 6.23 Å². The number of hydrogen-bond donors (Lipinski definition) is 1. The normalized spacial score (nSPS) is 13.1. The molecule has 0 aliphatic carbocycles. The van der Waals surface area contributed by atoms with Crippen molar-refractivity contribution in [2.75, 3.05) is 26.9 Å². The van der Waals surface area contributed by atoms with Crippen molar-refractivity contribution in [2.45, 2.75) is 6.23 Å². The van der Waals surface area contributed by atoms with Gasteiger partial charge in [-0.2, -0.15) is 14.4 Å². The summed E-state index contributed by atoms with van der Waals surface area (Å²) in [5, 5.41) is 9.22. The first kappa shape index (κ1) is 14.1. The minimum Gasteiger partial charge on any atom is -0.392 e. The van der Waals surface area contributed by atoms with E-state index < -0.39 is 12.3 Å². The fraction of sp³-hybridized carbons (Fsp3) is 0.500. The minimum absolute atomic E-state index is 0.0881. The number of methoxy groups -OCH3 is 1. The minimum atomic E-state index is -0.965. The highest BCUT2D eigenvalue weighted by atomic mass is 35.5. The van der Waals surface area contributed by atoms with Crippen LogP contribution < -0.4 is 0 Å². The van der Waals surface area contributed by atoms with E-state index in [1.54, 1.807) is 0 Å². The molecule has 1 atom stereocenters. The Morgan fingerprint density at radius 3 is 2.95 bits per heavy atom. The number of nitrogens with zero attached hydrogens (tertiary/aromatic N) is 4. The van der Waals surface area contributed by atoms with Gasteiger partial charge in [-0.25, -0.2) is 4.98 Å². The van der Waals surface area contributed by atoms with E-state index in [0.717, 1.165) is 0 Å². The van der Waals surface area contributed by atoms with Gasteiger partial charge in [0.1, 0.15) is 5.52 Å². The molecular weight excluding hydrogens is 279 g/mol. The van der Waals surface area contributed by atoms with Crippen molar-refractivity contribution >= 4 is 22.8 Å². The molecule has 0 saturated carbocycles. The molecule has 19 heavy (non-hydrogen) atoms. The average molecular weight is 291 g/mol. The number of halogens is 2. The van der Waals surface area contributed by atoms with Crippen molar-refractivity contribution in [2.24, 2.45) is 0 Å². The standard InChI is InChI=1S/C10H12ClFN4O3/c1-18-2-3-19-6(4-17)16-5-13-7-8(11)14-10(12)15-9(7)16/h5-6,17H,2-4H2,1H3. The molecule has 0 bridgehead atoms. The van der Waals surface area contributed by atoms with Gasteiger partial charge in [0.15, 0.2) is 17.0 Å². The molecular formula is C10H12ClFN4O3. The van der Waals surface area contributed by atoms with Gasteiger partial charge in [-0.15, -0.1) is 0 Å². The van der Waals surface area contributed by atoms with Gasteiger partial charge >= 0.3 is 6.08 Å². The summed E-state index contributed by atoms with van der Waals surface area (Å²) in [6, 6.07) is 0. The zero-order valence-electron chi connectivity index (χ0n) is 10.1. The second kappa shape index (κ2) is 6.20. The first-order valence-electron chi connectivity index (χ1n) is 5.44. The van der Waals surface area contributed by atoms with Crippen LogP contribution in [0.3, 0.4) is 0 Å². The topological polar surface area (TPSA) is 82.3 Å². The van der Waals surface area contributed by atoms with Crippen molar-refractivity contribution in [3.05, 3.63) is 17.6 Å². The van der Waals surface area contributed by atoms with E-state index in [4.69, 9.17) is 21.1 Å². The van der Waals surface area contributed by atoms with E-state index in [9.17, 15) is 9.50 Å². The number of ether oxygens (including phenoxy) is 2. The van der Waals surface area contributed by atoms with E-state index in [-0.39, 0.29) is 29.5 Å². The molecule has 9 heteroatoms. The SMILES string of the molecule is COCCOC(CO)n1cnc2c(Cl)nc(F)nc21. The van der Waals surface area contributed by atoms with Crippen molar-refractivity contribution in [3.8, 4) is 0 Å². The van der Waals surface area contributed by atoms with Crippen molar-refractivity contribution in [1.29, 1.82) is 0 Å². The third kappa shape index (κ3) is 2.98. The second-order valence-electron chi connectivity index (χ2n) is 3.61. The lowest BCUT2D eigenvalue weighted by molar-refractivity contribution is -0.0494. The third-order valence-electron chi connectivity index (χ3n) is 2.42. The summed E-state index contributed by atoms with van der Waals surface area (Å²) in [6.07, 6.45) is -0.350. The largest absolute Gasteiger partial charge is 0.392 e. The molecule has 0 aromatic carbocycles. The second-order valence-corrected chi connectivity index (χ2v) is 3.97. The molecule has 2 aromatic heterocycles. The average Bonchev–Trinajstić information content (AvgIpc) is 2.79. The molecule has 0 spiro atoms. The molecule has 0 fully saturated rings. The molecule has 0 aliphatic heterocycles. The lowest BCUT2D eigenvalue weighted by Crippen LogP contribution is -2.19. The molecule has 1 N–H and O–H groups in total. The van der Waals surface area contributed by atoms with Crippen LogP contribution in [0.2, 0.25) is 5.15 Å². The summed E-state index contributed by atoms with van der Waals surface area (Å²) in [4.78, 5) is 10.9. The lowest BCUT2D eigenvalue weighted by atomic mass is 10.5. The highest BCUT2D eigenvalue weighted by Crippen LogP contribution is 2.21. The fourth-order valence-corrected chi connectivity index (χ4v) is 1.76. The van der Waals surface area contributed by atoms with E-state index in [1.807, 2.05) is 0 Å². The Balaban J connectivity index is 2.32. The molecule has 7 nitrogen and oxygen atoms in total. The number of imidazole rings is 1. The third-order valence-corrected chi connectivity index (χ3v) is 2.68. The van der Waals surface area contributed by atoms with Crippen molar-refractivity contribution in [3.63, 3.8) is 0 Å². The first-order valence-corrected chi connectivity index (χ1v) is 5.82. The summed E-state index contributed by atoms with van der Waals surface area (Å²) in [6.45, 7) is 0.314. The molecule has 0 saturated heterocycles. The number of aromatic nitrogens is 4. The Labute approximate surface area is 113 Å². The monoisotopic (exact) mass is 290 g/mol. The van der Waals surface area contributed by atoms with Gasteiger partial charge in [-0.1, -0.05) is 11.6 Å². The molecule has 0 radical (unpaired) electrons. The van der Waals surface area contributed by atoms with Crippen LogP contribution in [-0.4, -0.2) is 51.6 Å². The van der Waals surface area contributed by atoms with Crippen LogP contribution in [0.4, 0.5) is 4.39 Å². The number of rotatable bonds is 6. The highest BCUT2D eigenvalue weighted by Gasteiger charge is 2.18. The Hall–Kier alpha value is -1.35. The summed E-state index contributed by atoms with van der Waals surface area (Å²) >= 11 is 5.76. The van der Waals surface area contributed by atoms with E-state index in [1.165, 1.54) is 18.0 Å². The summed E-state index contributed by atoms with van der Waals surface area (Å²) < 4.78 is 24.8. The summed E-state index contributed by atoms with van der Waals surface area (Å²) in [5.41, 5.74) is 0.408. The molecule has 1 unspecified atom stereocenters. The predicted octanol–water partition coefficient (Wildman–Crippen LogP) is 0.773. The molecule has 0 amide bonds. The van der Waals surface area contributed by atoms with Gasteiger partial charge in [0.05, 0.1) is 26.1 Å². The van der Waals surface area contributed by atoms with E-state index >= 15 is 0 Å². The zero-order chi connectivity index (χ0) is 13.8. The maximum Gasteiger partial charge on any atom is 0.312 e. The van der Waals surface area contributed by atoms with Crippen LogP contribution in [0.15, 0.2) is 6.33 Å².